The molecule has 0 aliphatic heterocycles. The molecule has 0 aliphatic rings. The average molecular weight is 265 g/mol. The number of hydrogen-bond donors (Lipinski definition) is 1. The summed E-state index contributed by atoms with van der Waals surface area (Å²) in [5, 5.41) is 6.36. The van der Waals surface area contributed by atoms with Crippen molar-refractivity contribution < 1.29 is 4.74 Å². The molecule has 0 amide bonds. The summed E-state index contributed by atoms with van der Waals surface area (Å²) in [6, 6.07) is 10.7. The van der Waals surface area contributed by atoms with Gasteiger partial charge in [0.2, 0.25) is 0 Å². The van der Waals surface area contributed by atoms with Gasteiger partial charge in [-0.15, -0.1) is 11.6 Å². The van der Waals surface area contributed by atoms with Crippen molar-refractivity contribution in [3.05, 3.63) is 46.8 Å². The van der Waals surface area contributed by atoms with Gasteiger partial charge in [0, 0.05) is 17.5 Å². The van der Waals surface area contributed by atoms with Gasteiger partial charge >= 0.3 is 0 Å². The number of benzene rings is 1. The molecule has 18 heavy (non-hydrogen) atoms. The van der Waals surface area contributed by atoms with Gasteiger partial charge in [-0.1, -0.05) is 0 Å². The summed E-state index contributed by atoms with van der Waals surface area (Å²) < 4.78 is 5.49. The van der Waals surface area contributed by atoms with Gasteiger partial charge in [0.1, 0.15) is 5.75 Å². The van der Waals surface area contributed by atoms with Gasteiger partial charge in [0.05, 0.1) is 12.3 Å². The number of aromatic amines is 1. The van der Waals surface area contributed by atoms with Gasteiger partial charge in [0.15, 0.2) is 0 Å². The zero-order valence-electron chi connectivity index (χ0n) is 9.73. The lowest BCUT2D eigenvalue weighted by Crippen LogP contribution is -2.05. The lowest BCUT2D eigenvalue weighted by Gasteiger charge is -2.05. The molecule has 4 nitrogen and oxygen atoms in total. The average Bonchev–Trinajstić information content (AvgIpc) is 2.41. The molecule has 0 unspecified atom stereocenters. The first kappa shape index (κ1) is 12.6. The van der Waals surface area contributed by atoms with Crippen LogP contribution in [0.3, 0.4) is 0 Å². The van der Waals surface area contributed by atoms with Crippen LogP contribution in [0.2, 0.25) is 0 Å². The number of hydrogen-bond acceptors (Lipinski definition) is 3. The van der Waals surface area contributed by atoms with Gasteiger partial charge in [0.25, 0.3) is 5.56 Å². The normalized spacial score (nSPS) is 10.3. The number of rotatable bonds is 5. The predicted octanol–water partition coefficient (Wildman–Crippen LogP) is 2.44. The Morgan fingerprint density at radius 2 is 1.94 bits per heavy atom. The van der Waals surface area contributed by atoms with Gasteiger partial charge < -0.3 is 4.74 Å². The summed E-state index contributed by atoms with van der Waals surface area (Å²) >= 11 is 5.57. The lowest BCUT2D eigenvalue weighted by molar-refractivity contribution is 0.318. The van der Waals surface area contributed by atoms with Crippen LogP contribution >= 0.6 is 11.6 Å². The fourth-order valence-electron chi connectivity index (χ4n) is 1.47. The summed E-state index contributed by atoms with van der Waals surface area (Å²) in [4.78, 5) is 10.9. The first-order valence-electron chi connectivity index (χ1n) is 5.64. The van der Waals surface area contributed by atoms with Crippen LogP contribution in [0, 0.1) is 0 Å². The number of H-pyrrole nitrogens is 1. The van der Waals surface area contributed by atoms with E-state index in [0.29, 0.717) is 12.5 Å². The molecule has 1 aromatic carbocycles. The molecule has 0 atom stereocenters. The third kappa shape index (κ3) is 3.34. The highest BCUT2D eigenvalue weighted by molar-refractivity contribution is 6.17. The molecule has 0 radical (unpaired) electrons. The Morgan fingerprint density at radius 3 is 2.56 bits per heavy atom. The Morgan fingerprint density at radius 1 is 1.17 bits per heavy atom. The highest BCUT2D eigenvalue weighted by Crippen LogP contribution is 2.19. The van der Waals surface area contributed by atoms with Crippen LogP contribution in [0.1, 0.15) is 6.42 Å². The zero-order chi connectivity index (χ0) is 12.8. The van der Waals surface area contributed by atoms with Crippen molar-refractivity contribution >= 4 is 11.6 Å². The van der Waals surface area contributed by atoms with Gasteiger partial charge in [-0.2, -0.15) is 5.10 Å². The van der Waals surface area contributed by atoms with Crippen LogP contribution in [0.5, 0.6) is 5.75 Å². The largest absolute Gasteiger partial charge is 0.494 e. The molecule has 94 valence electrons. The maximum Gasteiger partial charge on any atom is 0.264 e. The molecule has 1 aromatic heterocycles. The third-order valence-electron chi connectivity index (χ3n) is 2.38. The maximum absolute atomic E-state index is 10.9. The Bertz CT molecular complexity index is 531. The summed E-state index contributed by atoms with van der Waals surface area (Å²) in [6.07, 6.45) is 0.824. The molecule has 0 saturated carbocycles. The molecule has 2 rings (SSSR count). The quantitative estimate of drug-likeness (QED) is 0.667. The van der Waals surface area contributed by atoms with Crippen LogP contribution in [0.4, 0.5) is 0 Å². The highest BCUT2D eigenvalue weighted by Gasteiger charge is 2.00. The molecule has 0 aliphatic carbocycles. The fourth-order valence-corrected chi connectivity index (χ4v) is 1.58. The molecule has 0 bridgehead atoms. The van der Waals surface area contributed by atoms with E-state index in [1.165, 1.54) is 6.07 Å². The molecule has 2 aromatic rings. The molecule has 1 heterocycles. The van der Waals surface area contributed by atoms with E-state index in [0.717, 1.165) is 23.4 Å². The molecule has 0 spiro atoms. The smallest absolute Gasteiger partial charge is 0.264 e. The molecular formula is C13H13ClN2O2. The second-order valence-corrected chi connectivity index (χ2v) is 4.10. The third-order valence-corrected chi connectivity index (χ3v) is 2.64. The minimum atomic E-state index is -0.209. The number of nitrogens with one attached hydrogen (secondary N) is 1. The van der Waals surface area contributed by atoms with Crippen molar-refractivity contribution in [2.45, 2.75) is 6.42 Å². The van der Waals surface area contributed by atoms with E-state index in [9.17, 15) is 4.79 Å². The molecule has 0 fully saturated rings. The summed E-state index contributed by atoms with van der Waals surface area (Å²) in [6.45, 7) is 0.611. The lowest BCUT2D eigenvalue weighted by atomic mass is 10.1. The first-order valence-corrected chi connectivity index (χ1v) is 6.18. The van der Waals surface area contributed by atoms with E-state index in [1.54, 1.807) is 6.07 Å². The topological polar surface area (TPSA) is 55.0 Å². The summed E-state index contributed by atoms with van der Waals surface area (Å²) in [5.41, 5.74) is 1.44. The van der Waals surface area contributed by atoms with Gasteiger partial charge in [-0.3, -0.25) is 4.79 Å². The first-order chi connectivity index (χ1) is 8.79. The SMILES string of the molecule is O=c1ccc(-c2ccc(OCCCCl)cc2)n[nH]1. The standard InChI is InChI=1S/C13H13ClN2O2/c14-8-1-9-18-11-4-2-10(3-5-11)12-6-7-13(17)16-15-12/h2-7H,1,8-9H2,(H,16,17). The monoisotopic (exact) mass is 264 g/mol. The van der Waals surface area contributed by atoms with E-state index in [1.807, 2.05) is 24.3 Å². The fraction of sp³-hybridized carbons (Fsp3) is 0.231. The van der Waals surface area contributed by atoms with E-state index in [2.05, 4.69) is 10.2 Å². The van der Waals surface area contributed by atoms with Crippen LogP contribution in [0.25, 0.3) is 11.3 Å². The van der Waals surface area contributed by atoms with Crippen molar-refractivity contribution in [1.82, 2.24) is 10.2 Å². The number of ether oxygens (including phenoxy) is 1. The Labute approximate surface area is 110 Å². The van der Waals surface area contributed by atoms with E-state index in [-0.39, 0.29) is 5.56 Å². The van der Waals surface area contributed by atoms with E-state index < -0.39 is 0 Å². The van der Waals surface area contributed by atoms with Crippen LogP contribution in [-0.2, 0) is 0 Å². The van der Waals surface area contributed by atoms with Crippen LogP contribution in [-0.4, -0.2) is 22.7 Å². The van der Waals surface area contributed by atoms with Crippen LogP contribution < -0.4 is 10.3 Å². The number of aromatic nitrogens is 2. The highest BCUT2D eigenvalue weighted by atomic mass is 35.5. The second-order valence-electron chi connectivity index (χ2n) is 3.72. The second kappa shape index (κ2) is 6.21. The van der Waals surface area contributed by atoms with E-state index >= 15 is 0 Å². The number of halogens is 1. The minimum Gasteiger partial charge on any atom is -0.494 e. The van der Waals surface area contributed by atoms with Crippen molar-refractivity contribution in [3.8, 4) is 17.0 Å². The summed E-state index contributed by atoms with van der Waals surface area (Å²) in [5.74, 6) is 1.40. The van der Waals surface area contributed by atoms with Crippen molar-refractivity contribution in [2.24, 2.45) is 0 Å². The summed E-state index contributed by atoms with van der Waals surface area (Å²) in [7, 11) is 0. The zero-order valence-corrected chi connectivity index (χ0v) is 10.5. The number of alkyl halides is 1. The Balaban J connectivity index is 2.07. The van der Waals surface area contributed by atoms with Crippen molar-refractivity contribution in [2.75, 3.05) is 12.5 Å². The Kier molecular flexibility index (Phi) is 4.36. The van der Waals surface area contributed by atoms with Gasteiger partial charge in [-0.05, 0) is 36.8 Å². The van der Waals surface area contributed by atoms with Crippen molar-refractivity contribution in [1.29, 1.82) is 0 Å². The predicted molar refractivity (Wildman–Crippen MR) is 71.1 cm³/mol. The minimum absolute atomic E-state index is 0.209. The van der Waals surface area contributed by atoms with Crippen molar-refractivity contribution in [3.63, 3.8) is 0 Å². The maximum atomic E-state index is 10.9. The van der Waals surface area contributed by atoms with E-state index in [4.69, 9.17) is 16.3 Å². The molecule has 5 heteroatoms. The Hall–Kier alpha value is -1.81. The van der Waals surface area contributed by atoms with Crippen LogP contribution in [0.15, 0.2) is 41.2 Å². The van der Waals surface area contributed by atoms with Gasteiger partial charge in [-0.25, -0.2) is 5.10 Å². The molecule has 1 N–H and O–H groups in total. The number of nitrogens with zero attached hydrogens (tertiary/aromatic N) is 1. The molecular weight excluding hydrogens is 252 g/mol. The molecule has 0 saturated heterocycles.